The molecule has 0 spiro atoms. The van der Waals surface area contributed by atoms with Crippen molar-refractivity contribution in [3.63, 3.8) is 0 Å². The highest BCUT2D eigenvalue weighted by molar-refractivity contribution is 7.53. The smallest absolute Gasteiger partial charge is 0.334 e. The molecule has 276 valence electrons. The van der Waals surface area contributed by atoms with E-state index in [0.717, 1.165) is 33.4 Å². The summed E-state index contributed by atoms with van der Waals surface area (Å²) in [4.78, 5) is 31.3. The van der Waals surface area contributed by atoms with Crippen molar-refractivity contribution in [1.82, 2.24) is 0 Å². The summed E-state index contributed by atoms with van der Waals surface area (Å²) in [5.74, 6) is 0. The van der Waals surface area contributed by atoms with E-state index >= 15 is 0 Å². The molecule has 0 aliphatic heterocycles. The zero-order chi connectivity index (χ0) is 37.8. The molecule has 0 saturated carbocycles. The number of aliphatic hydroxyl groups is 4. The first-order valence-electron chi connectivity index (χ1n) is 16.0. The van der Waals surface area contributed by atoms with Crippen LogP contribution in [0, 0.1) is 5.41 Å². The van der Waals surface area contributed by atoms with Crippen LogP contribution in [0.25, 0.3) is 0 Å². The second-order valence-corrected chi connectivity index (χ2v) is 18.3. The minimum absolute atomic E-state index is 0.321. The van der Waals surface area contributed by atoms with Gasteiger partial charge in [0.1, 0.15) is 5.60 Å². The second kappa shape index (κ2) is 16.5. The van der Waals surface area contributed by atoms with Gasteiger partial charge in [-0.3, -0.25) is 0 Å². The van der Waals surface area contributed by atoms with Crippen LogP contribution < -0.4 is 11.5 Å². The van der Waals surface area contributed by atoms with E-state index in [1.54, 1.807) is 0 Å². The van der Waals surface area contributed by atoms with Gasteiger partial charge in [0, 0.05) is 13.1 Å². The lowest BCUT2D eigenvalue weighted by atomic mass is 9.56. The Kier molecular flexibility index (Phi) is 15.4. The van der Waals surface area contributed by atoms with Crippen LogP contribution >= 0.6 is 17.2 Å². The van der Waals surface area contributed by atoms with Gasteiger partial charge in [-0.15, -0.1) is 0 Å². The Morgan fingerprint density at radius 2 is 0.750 bits per heavy atom. The summed E-state index contributed by atoms with van der Waals surface area (Å²) in [7, 11) is -5.22. The predicted octanol–water partition coefficient (Wildman–Crippen LogP) is 4.42. The van der Waals surface area contributed by atoms with E-state index in [0.29, 0.717) is 24.2 Å². The maximum absolute atomic E-state index is 13.8. The van der Waals surface area contributed by atoms with Crippen molar-refractivity contribution in [2.75, 3.05) is 19.8 Å². The van der Waals surface area contributed by atoms with Crippen molar-refractivity contribution in [3.05, 3.63) is 68.8 Å². The molecule has 11 nitrogen and oxygen atoms in total. The van der Waals surface area contributed by atoms with Crippen molar-refractivity contribution < 1.29 is 44.3 Å². The lowest BCUT2D eigenvalue weighted by Crippen LogP contribution is -2.57. The average Bonchev–Trinajstić information content (AvgIpc) is 2.94. The third-order valence-corrected chi connectivity index (χ3v) is 9.81. The first kappa shape index (κ1) is 44.9. The Morgan fingerprint density at radius 1 is 0.521 bits per heavy atom. The summed E-state index contributed by atoms with van der Waals surface area (Å²) in [6, 6.07) is 8.14. The van der Waals surface area contributed by atoms with Crippen LogP contribution in [0.5, 0.6) is 0 Å². The molecule has 0 aliphatic carbocycles. The highest BCUT2D eigenvalue weighted by Gasteiger charge is 2.58. The van der Waals surface area contributed by atoms with Crippen LogP contribution in [0.3, 0.4) is 0 Å². The molecule has 0 heterocycles. The van der Waals surface area contributed by atoms with Gasteiger partial charge < -0.3 is 51.5 Å². The van der Waals surface area contributed by atoms with Crippen LogP contribution in [0.2, 0.25) is 0 Å². The summed E-state index contributed by atoms with van der Waals surface area (Å²) in [5, 5.41) is 47.1. The van der Waals surface area contributed by atoms with E-state index in [9.17, 15) is 20.4 Å². The standard InChI is InChI=1S/C35H58N2O4.H4O5P2/c1-30(2,3)24-13-22(17-36)14-25(31(4,5)6)28(24)35(41,34(19-38,20-39)21-40)29-26(32(7,8)9)15-23(18-37)16-27(29)33(10,11)12;1-6(2)5-7(3)4/h13-16,38-41H,17-21,36-37H2,1-12H3;1-4H. The van der Waals surface area contributed by atoms with Crippen molar-refractivity contribution in [2.45, 2.75) is 123 Å². The van der Waals surface area contributed by atoms with Gasteiger partial charge >= 0.3 is 17.2 Å². The Bertz CT molecular complexity index is 1180. The van der Waals surface area contributed by atoms with Gasteiger partial charge in [-0.2, -0.15) is 0 Å². The van der Waals surface area contributed by atoms with Crippen LogP contribution in [-0.2, 0) is 44.7 Å². The molecular formula is C35H62N2O9P2. The maximum atomic E-state index is 13.8. The Labute approximate surface area is 290 Å². The van der Waals surface area contributed by atoms with E-state index in [1.807, 2.05) is 24.3 Å². The number of hydrogen-bond donors (Lipinski definition) is 10. The fourth-order valence-electron chi connectivity index (χ4n) is 6.00. The van der Waals surface area contributed by atoms with Crippen LogP contribution in [-0.4, -0.2) is 59.8 Å². The van der Waals surface area contributed by atoms with E-state index < -0.39 is 69.7 Å². The normalized spacial score (nSPS) is 13.7. The number of hydrogen-bond acceptors (Lipinski definition) is 11. The molecule has 0 radical (unpaired) electrons. The van der Waals surface area contributed by atoms with Crippen molar-refractivity contribution in [1.29, 1.82) is 0 Å². The monoisotopic (exact) mass is 716 g/mol. The van der Waals surface area contributed by atoms with Gasteiger partial charge in [-0.1, -0.05) is 107 Å². The highest BCUT2D eigenvalue weighted by Crippen LogP contribution is 2.55. The van der Waals surface area contributed by atoms with Gasteiger partial charge in [0.05, 0.1) is 25.2 Å². The topological polar surface area (TPSA) is 223 Å². The summed E-state index contributed by atoms with van der Waals surface area (Å²) >= 11 is 0. The summed E-state index contributed by atoms with van der Waals surface area (Å²) in [5.41, 5.74) is 13.3. The predicted molar refractivity (Wildman–Crippen MR) is 194 cm³/mol. The van der Waals surface area contributed by atoms with E-state index in [2.05, 4.69) is 87.4 Å². The number of nitrogens with two attached hydrogens (primary N) is 2. The molecule has 0 aliphatic rings. The van der Waals surface area contributed by atoms with Gasteiger partial charge in [-0.05, 0) is 66.2 Å². The average molecular weight is 717 g/mol. The van der Waals surface area contributed by atoms with Crippen molar-refractivity contribution >= 4 is 17.2 Å². The molecule has 2 aromatic rings. The van der Waals surface area contributed by atoms with E-state index in [4.69, 9.17) is 31.0 Å². The van der Waals surface area contributed by atoms with Gasteiger partial charge in [0.15, 0.2) is 0 Å². The Hall–Kier alpha value is -1.14. The molecule has 48 heavy (non-hydrogen) atoms. The first-order chi connectivity index (χ1) is 21.6. The first-order valence-corrected chi connectivity index (χ1v) is 18.3. The summed E-state index contributed by atoms with van der Waals surface area (Å²) in [6.07, 6.45) is 0. The Morgan fingerprint density at radius 3 is 0.875 bits per heavy atom. The lowest BCUT2D eigenvalue weighted by molar-refractivity contribution is -0.138. The molecular weight excluding hydrogens is 654 g/mol. The molecule has 2 rings (SSSR count). The van der Waals surface area contributed by atoms with Gasteiger partial charge in [-0.25, -0.2) is 4.31 Å². The molecule has 0 aromatic heterocycles. The molecule has 13 heteroatoms. The number of benzene rings is 2. The molecule has 0 saturated heterocycles. The highest BCUT2D eigenvalue weighted by atomic mass is 31.2. The maximum Gasteiger partial charge on any atom is 0.334 e. The quantitative estimate of drug-likeness (QED) is 0.155. The van der Waals surface area contributed by atoms with Crippen molar-refractivity contribution in [3.8, 4) is 0 Å². The lowest BCUT2D eigenvalue weighted by Gasteiger charge is -2.52. The zero-order valence-electron chi connectivity index (χ0n) is 30.9. The molecule has 0 unspecified atom stereocenters. The van der Waals surface area contributed by atoms with Crippen LogP contribution in [0.15, 0.2) is 24.3 Å². The molecule has 0 fully saturated rings. The van der Waals surface area contributed by atoms with E-state index in [-0.39, 0.29) is 0 Å². The van der Waals surface area contributed by atoms with Crippen molar-refractivity contribution in [2.24, 2.45) is 16.9 Å². The fraction of sp³-hybridized carbons (Fsp3) is 0.657. The Balaban J connectivity index is 0.00000148. The molecule has 12 N–H and O–H groups in total. The van der Waals surface area contributed by atoms with E-state index in [1.165, 1.54) is 0 Å². The SMILES string of the molecule is CC(C)(C)c1cc(CN)cc(C(C)(C)C)c1C(O)(c1c(C(C)(C)C)cc(CN)cc1C(C)(C)C)C(CO)(CO)CO.OP(O)OP(O)O. The van der Waals surface area contributed by atoms with Crippen LogP contribution in [0.4, 0.5) is 0 Å². The minimum atomic E-state index is -2.61. The second-order valence-electron chi connectivity index (χ2n) is 16.6. The molecule has 0 atom stereocenters. The summed E-state index contributed by atoms with van der Waals surface area (Å²) in [6.45, 7) is 23.8. The third kappa shape index (κ3) is 10.0. The van der Waals surface area contributed by atoms with Crippen LogP contribution in [0.1, 0.15) is 128 Å². The third-order valence-electron chi connectivity index (χ3n) is 8.64. The minimum Gasteiger partial charge on any atom is -0.395 e. The molecule has 2 aromatic carbocycles. The fourth-order valence-corrected chi connectivity index (χ4v) is 6.52. The number of rotatable bonds is 10. The summed E-state index contributed by atoms with van der Waals surface area (Å²) < 4.78 is 3.60. The van der Waals surface area contributed by atoms with Gasteiger partial charge in [0.25, 0.3) is 0 Å². The molecule has 0 amide bonds. The zero-order valence-corrected chi connectivity index (χ0v) is 32.7. The largest absolute Gasteiger partial charge is 0.395 e. The number of aliphatic hydroxyl groups excluding tert-OH is 3. The molecule has 0 bridgehead atoms. The van der Waals surface area contributed by atoms with Gasteiger partial charge in [0.2, 0.25) is 0 Å².